The van der Waals surface area contributed by atoms with Crippen molar-refractivity contribution in [1.29, 1.82) is 0 Å². The average molecular weight is 526 g/mol. The lowest BCUT2D eigenvalue weighted by Crippen LogP contribution is -2.25. The van der Waals surface area contributed by atoms with Crippen molar-refractivity contribution in [2.45, 2.75) is 38.5 Å². The molecule has 3 heterocycles. The number of rotatable bonds is 6. The van der Waals surface area contributed by atoms with Crippen LogP contribution in [0.5, 0.6) is 0 Å². The lowest BCUT2D eigenvalue weighted by molar-refractivity contribution is -0.124. The summed E-state index contributed by atoms with van der Waals surface area (Å²) >= 11 is 12.6. The first kappa shape index (κ1) is 24.4. The molecule has 0 spiro atoms. The number of benzene rings is 1. The molecule has 3 aromatic heterocycles. The molecule has 0 aliphatic heterocycles. The number of aryl methyl sites for hydroxylation is 1. The van der Waals surface area contributed by atoms with Crippen LogP contribution in [0, 0.1) is 12.8 Å². The molecule has 0 radical (unpaired) electrons. The molecule has 11 heteroatoms. The van der Waals surface area contributed by atoms with Crippen molar-refractivity contribution in [2.75, 3.05) is 12.4 Å². The second-order valence-corrected chi connectivity index (χ2v) is 9.82. The van der Waals surface area contributed by atoms with Gasteiger partial charge in [-0.3, -0.25) is 9.78 Å². The number of halogens is 2. The summed E-state index contributed by atoms with van der Waals surface area (Å²) in [5, 5.41) is 18.0. The summed E-state index contributed by atoms with van der Waals surface area (Å²) in [6.45, 7) is 2.44. The summed E-state index contributed by atoms with van der Waals surface area (Å²) in [6, 6.07) is 7.23. The molecular formula is C25H25Cl2N7O2. The van der Waals surface area contributed by atoms with Gasteiger partial charge in [-0.1, -0.05) is 40.9 Å². The third kappa shape index (κ3) is 4.74. The van der Waals surface area contributed by atoms with Gasteiger partial charge < -0.3 is 20.3 Å². The van der Waals surface area contributed by atoms with Crippen molar-refractivity contribution in [3.8, 4) is 11.4 Å². The number of amides is 1. The van der Waals surface area contributed by atoms with Crippen LogP contribution in [-0.2, 0) is 11.3 Å². The Balaban J connectivity index is 1.57. The Labute approximate surface area is 217 Å². The molecule has 1 amide bonds. The lowest BCUT2D eigenvalue weighted by atomic mass is 10.1. The van der Waals surface area contributed by atoms with Gasteiger partial charge in [0.15, 0.2) is 17.3 Å². The molecule has 1 aliphatic rings. The minimum Gasteiger partial charge on any atom is -0.391 e. The molecule has 5 rings (SSSR count). The van der Waals surface area contributed by atoms with Gasteiger partial charge in [-0.25, -0.2) is 15.0 Å². The van der Waals surface area contributed by atoms with Crippen LogP contribution in [0.15, 0.2) is 43.0 Å². The molecule has 9 nitrogen and oxygen atoms in total. The molecule has 1 aromatic carbocycles. The summed E-state index contributed by atoms with van der Waals surface area (Å²) in [5.41, 5.74) is 3.75. The van der Waals surface area contributed by atoms with Crippen LogP contribution in [0.1, 0.15) is 30.0 Å². The van der Waals surface area contributed by atoms with Crippen LogP contribution in [0.4, 0.5) is 5.82 Å². The third-order valence-electron chi connectivity index (χ3n) is 6.50. The van der Waals surface area contributed by atoms with Gasteiger partial charge in [-0.05, 0) is 37.5 Å². The number of pyridine rings is 1. The summed E-state index contributed by atoms with van der Waals surface area (Å²) < 4.78 is 1.83. The maximum Gasteiger partial charge on any atom is 0.223 e. The Hall–Kier alpha value is -3.27. The quantitative estimate of drug-likeness (QED) is 0.345. The van der Waals surface area contributed by atoms with Gasteiger partial charge in [0.1, 0.15) is 5.52 Å². The number of nitrogens with one attached hydrogen (secondary N) is 2. The van der Waals surface area contributed by atoms with Crippen LogP contribution in [0.3, 0.4) is 0 Å². The van der Waals surface area contributed by atoms with E-state index in [1.54, 1.807) is 31.8 Å². The maximum absolute atomic E-state index is 12.2. The Bertz CT molecular complexity index is 1440. The maximum atomic E-state index is 12.2. The molecule has 0 saturated heterocycles. The molecule has 0 bridgehead atoms. The second kappa shape index (κ2) is 10.0. The normalized spacial score (nSPS) is 19.5. The number of hydrogen-bond acceptors (Lipinski definition) is 7. The van der Waals surface area contributed by atoms with E-state index in [1.165, 1.54) is 0 Å². The Kier molecular flexibility index (Phi) is 6.79. The fourth-order valence-corrected chi connectivity index (χ4v) is 5.03. The molecule has 1 fully saturated rings. The Morgan fingerprint density at radius 3 is 2.81 bits per heavy atom. The summed E-state index contributed by atoms with van der Waals surface area (Å²) in [5.74, 6) is 0.555. The summed E-state index contributed by atoms with van der Waals surface area (Å²) in [6.07, 6.45) is 4.97. The highest BCUT2D eigenvalue weighted by molar-refractivity contribution is 6.31. The molecule has 1 aliphatic carbocycles. The molecule has 1 saturated carbocycles. The first-order valence-corrected chi connectivity index (χ1v) is 12.3. The van der Waals surface area contributed by atoms with Crippen molar-refractivity contribution in [1.82, 2.24) is 29.8 Å². The molecule has 3 N–H and O–H groups in total. The van der Waals surface area contributed by atoms with Crippen molar-refractivity contribution >= 4 is 46.1 Å². The second-order valence-electron chi connectivity index (χ2n) is 8.98. The minimum atomic E-state index is -0.710. The Morgan fingerprint density at radius 1 is 1.19 bits per heavy atom. The topological polar surface area (TPSA) is 118 Å². The first-order chi connectivity index (χ1) is 17.3. The highest BCUT2D eigenvalue weighted by Crippen LogP contribution is 2.37. The van der Waals surface area contributed by atoms with Crippen molar-refractivity contribution in [3.63, 3.8) is 0 Å². The van der Waals surface area contributed by atoms with E-state index in [-0.39, 0.29) is 17.9 Å². The predicted molar refractivity (Wildman–Crippen MR) is 139 cm³/mol. The number of aliphatic hydroxyl groups is 1. The van der Waals surface area contributed by atoms with E-state index in [0.29, 0.717) is 57.8 Å². The average Bonchev–Trinajstić information content (AvgIpc) is 3.47. The van der Waals surface area contributed by atoms with E-state index < -0.39 is 6.10 Å². The van der Waals surface area contributed by atoms with Crippen molar-refractivity contribution in [2.24, 2.45) is 5.92 Å². The molecule has 36 heavy (non-hydrogen) atoms. The number of nitrogens with zero attached hydrogens (tertiary/aromatic N) is 5. The zero-order valence-corrected chi connectivity index (χ0v) is 21.3. The number of aliphatic hydroxyl groups excluding tert-OH is 1. The lowest BCUT2D eigenvalue weighted by Gasteiger charge is -2.17. The predicted octanol–water partition coefficient (Wildman–Crippen LogP) is 4.17. The number of anilines is 1. The van der Waals surface area contributed by atoms with Gasteiger partial charge in [0.05, 0.1) is 23.5 Å². The van der Waals surface area contributed by atoms with Gasteiger partial charge in [-0.2, -0.15) is 0 Å². The van der Waals surface area contributed by atoms with Gasteiger partial charge in [0.2, 0.25) is 5.91 Å². The fourth-order valence-electron chi connectivity index (χ4n) is 4.67. The highest BCUT2D eigenvalue weighted by Gasteiger charge is 2.38. The third-order valence-corrected chi connectivity index (χ3v) is 7.08. The van der Waals surface area contributed by atoms with Crippen LogP contribution >= 0.6 is 23.2 Å². The molecule has 0 unspecified atom stereocenters. The number of imidazole rings is 1. The van der Waals surface area contributed by atoms with E-state index in [0.717, 1.165) is 11.1 Å². The smallest absolute Gasteiger partial charge is 0.223 e. The van der Waals surface area contributed by atoms with E-state index in [9.17, 15) is 9.90 Å². The van der Waals surface area contributed by atoms with Crippen LogP contribution in [0.25, 0.3) is 22.6 Å². The zero-order chi connectivity index (χ0) is 25.4. The van der Waals surface area contributed by atoms with Gasteiger partial charge in [0.25, 0.3) is 0 Å². The van der Waals surface area contributed by atoms with Crippen molar-refractivity contribution < 1.29 is 9.90 Å². The van der Waals surface area contributed by atoms with Gasteiger partial charge >= 0.3 is 0 Å². The SMILES string of the molecule is CNC(=O)[C@@H]1C[C@@H](O)[C@H](n2cnc3c(NCc4cc(C)ccc4Cl)nc(-c4cncc(Cl)c4)nc32)C1. The highest BCUT2D eigenvalue weighted by atomic mass is 35.5. The van der Waals surface area contributed by atoms with E-state index in [4.69, 9.17) is 33.2 Å². The minimum absolute atomic E-state index is 0.0846. The van der Waals surface area contributed by atoms with E-state index in [2.05, 4.69) is 20.6 Å². The van der Waals surface area contributed by atoms with E-state index in [1.807, 2.05) is 29.7 Å². The standard InChI is InChI=1S/C25H25Cl2N7O2/c1-13-3-4-18(27)15(5-13)10-30-23-21-24(33-22(32-23)16-6-17(26)11-29-9-16)34(12-31-21)19-7-14(8-20(19)35)25(36)28-2/h3-6,9,11-12,14,19-20,35H,7-8,10H2,1-2H3,(H,28,36)(H,30,32,33)/t14-,19+,20+/m0/s1. The van der Waals surface area contributed by atoms with Crippen LogP contribution in [-0.4, -0.2) is 48.7 Å². The zero-order valence-electron chi connectivity index (χ0n) is 19.7. The van der Waals surface area contributed by atoms with Crippen molar-refractivity contribution in [3.05, 3.63) is 64.2 Å². The molecular weight excluding hydrogens is 501 g/mol. The number of carbonyl (C=O) groups is 1. The van der Waals surface area contributed by atoms with E-state index >= 15 is 0 Å². The summed E-state index contributed by atoms with van der Waals surface area (Å²) in [7, 11) is 1.60. The van der Waals surface area contributed by atoms with Gasteiger partial charge in [-0.15, -0.1) is 0 Å². The fraction of sp³-hybridized carbons (Fsp3) is 0.320. The number of carbonyl (C=O) groups excluding carboxylic acids is 1. The Morgan fingerprint density at radius 2 is 2.03 bits per heavy atom. The number of hydrogen-bond donors (Lipinski definition) is 3. The first-order valence-electron chi connectivity index (χ1n) is 11.6. The van der Waals surface area contributed by atoms with Crippen LogP contribution < -0.4 is 10.6 Å². The van der Waals surface area contributed by atoms with Gasteiger partial charge in [0, 0.05) is 42.5 Å². The number of fused-ring (bicyclic) bond motifs is 1. The summed E-state index contributed by atoms with van der Waals surface area (Å²) in [4.78, 5) is 30.5. The van der Waals surface area contributed by atoms with Crippen LogP contribution in [0.2, 0.25) is 10.0 Å². The number of aromatic nitrogens is 5. The largest absolute Gasteiger partial charge is 0.391 e. The molecule has 3 atom stereocenters. The molecule has 4 aromatic rings. The monoisotopic (exact) mass is 525 g/mol. The molecule has 186 valence electrons.